The zero-order chi connectivity index (χ0) is 17.4. The van der Waals surface area contributed by atoms with Gasteiger partial charge in [0.05, 0.1) is 23.0 Å². The minimum Gasteiger partial charge on any atom is -0.478 e. The highest BCUT2D eigenvalue weighted by Gasteiger charge is 2.11. The van der Waals surface area contributed by atoms with Crippen molar-refractivity contribution in [3.8, 4) is 16.9 Å². The maximum Gasteiger partial charge on any atom is 0.335 e. The molecular weight excluding hydrogens is 322 g/mol. The number of fused-ring (bicyclic) bond motifs is 1. The number of hydrogen-bond donors (Lipinski definition) is 2. The molecule has 0 saturated carbocycles. The van der Waals surface area contributed by atoms with Gasteiger partial charge in [-0.05, 0) is 42.5 Å². The van der Waals surface area contributed by atoms with Crippen molar-refractivity contribution in [3.05, 3.63) is 70.8 Å². The summed E-state index contributed by atoms with van der Waals surface area (Å²) in [6.45, 7) is 0. The number of pyridine rings is 2. The van der Waals surface area contributed by atoms with Gasteiger partial charge in [0.1, 0.15) is 11.3 Å². The number of carbonyl (C=O) groups is 1. The van der Waals surface area contributed by atoms with Gasteiger partial charge in [0.15, 0.2) is 0 Å². The van der Waals surface area contributed by atoms with Crippen molar-refractivity contribution in [3.63, 3.8) is 0 Å². The second-order valence-electron chi connectivity index (χ2n) is 5.35. The second-order valence-corrected chi connectivity index (χ2v) is 5.35. The van der Waals surface area contributed by atoms with E-state index in [1.807, 2.05) is 6.07 Å². The standard InChI is InChI=1S/C17H11N5O3/c23-16-13(8-11-2-1-7-18-15(11)19-16)14-9-22(21-20-14)12-5-3-10(4-6-12)17(24)25/h1-9H,(H,24,25)(H,18,19,23). The molecule has 4 rings (SSSR count). The Balaban J connectivity index is 1.75. The van der Waals surface area contributed by atoms with E-state index in [4.69, 9.17) is 5.11 Å². The van der Waals surface area contributed by atoms with E-state index in [0.29, 0.717) is 22.6 Å². The summed E-state index contributed by atoms with van der Waals surface area (Å²) in [7, 11) is 0. The molecule has 0 amide bonds. The predicted octanol–water partition coefficient (Wildman–Crippen LogP) is 1.87. The Hall–Kier alpha value is -3.81. The third kappa shape index (κ3) is 2.65. The molecule has 0 aliphatic carbocycles. The molecular formula is C17H11N5O3. The molecule has 0 saturated heterocycles. The summed E-state index contributed by atoms with van der Waals surface area (Å²) in [6, 6.07) is 11.5. The fourth-order valence-corrected chi connectivity index (χ4v) is 2.49. The van der Waals surface area contributed by atoms with Crippen molar-refractivity contribution in [2.45, 2.75) is 0 Å². The van der Waals surface area contributed by atoms with Crippen molar-refractivity contribution >= 4 is 17.0 Å². The average Bonchev–Trinajstić information content (AvgIpc) is 3.11. The molecule has 122 valence electrons. The molecule has 1 aromatic carbocycles. The van der Waals surface area contributed by atoms with Crippen LogP contribution >= 0.6 is 0 Å². The number of carboxylic acid groups (broad SMARTS) is 1. The molecule has 0 fully saturated rings. The van der Waals surface area contributed by atoms with Gasteiger partial charge in [-0.2, -0.15) is 0 Å². The van der Waals surface area contributed by atoms with Crippen LogP contribution in [0.2, 0.25) is 0 Å². The maximum atomic E-state index is 12.3. The van der Waals surface area contributed by atoms with Crippen LogP contribution in [0, 0.1) is 0 Å². The van der Waals surface area contributed by atoms with E-state index in [9.17, 15) is 9.59 Å². The van der Waals surface area contributed by atoms with Crippen molar-refractivity contribution in [2.24, 2.45) is 0 Å². The zero-order valence-corrected chi connectivity index (χ0v) is 12.7. The van der Waals surface area contributed by atoms with E-state index in [1.165, 1.54) is 16.8 Å². The molecule has 8 heteroatoms. The summed E-state index contributed by atoms with van der Waals surface area (Å²) in [6.07, 6.45) is 3.22. The Morgan fingerprint density at radius 1 is 1.16 bits per heavy atom. The van der Waals surface area contributed by atoms with Crippen LogP contribution in [0.3, 0.4) is 0 Å². The third-order valence-corrected chi connectivity index (χ3v) is 3.76. The fraction of sp³-hybridized carbons (Fsp3) is 0. The quantitative estimate of drug-likeness (QED) is 0.591. The van der Waals surface area contributed by atoms with E-state index >= 15 is 0 Å². The van der Waals surface area contributed by atoms with Crippen LogP contribution in [0.25, 0.3) is 28.0 Å². The minimum absolute atomic E-state index is 0.183. The molecule has 0 spiro atoms. The zero-order valence-electron chi connectivity index (χ0n) is 12.7. The number of hydrogen-bond acceptors (Lipinski definition) is 5. The van der Waals surface area contributed by atoms with Crippen molar-refractivity contribution in [1.82, 2.24) is 25.0 Å². The molecule has 2 N–H and O–H groups in total. The lowest BCUT2D eigenvalue weighted by molar-refractivity contribution is 0.0697. The number of aromatic nitrogens is 5. The highest BCUT2D eigenvalue weighted by molar-refractivity contribution is 5.87. The van der Waals surface area contributed by atoms with Crippen molar-refractivity contribution in [1.29, 1.82) is 0 Å². The van der Waals surface area contributed by atoms with Crippen LogP contribution in [0.15, 0.2) is 59.7 Å². The topological polar surface area (TPSA) is 114 Å². The summed E-state index contributed by atoms with van der Waals surface area (Å²) in [5, 5.41) is 17.8. The van der Waals surface area contributed by atoms with Crippen LogP contribution in [0.5, 0.6) is 0 Å². The first-order chi connectivity index (χ1) is 12.1. The smallest absolute Gasteiger partial charge is 0.335 e. The summed E-state index contributed by atoms with van der Waals surface area (Å²) in [5.41, 5.74) is 1.82. The van der Waals surface area contributed by atoms with E-state index in [-0.39, 0.29) is 11.1 Å². The van der Waals surface area contributed by atoms with Gasteiger partial charge in [-0.25, -0.2) is 14.5 Å². The van der Waals surface area contributed by atoms with Gasteiger partial charge in [0, 0.05) is 11.6 Å². The van der Waals surface area contributed by atoms with Crippen LogP contribution < -0.4 is 5.56 Å². The molecule has 0 atom stereocenters. The third-order valence-electron chi connectivity index (χ3n) is 3.76. The monoisotopic (exact) mass is 333 g/mol. The number of nitrogens with zero attached hydrogens (tertiary/aromatic N) is 4. The number of carboxylic acids is 1. The lowest BCUT2D eigenvalue weighted by Crippen LogP contribution is -2.09. The van der Waals surface area contributed by atoms with Crippen molar-refractivity contribution < 1.29 is 9.90 Å². The Morgan fingerprint density at radius 3 is 2.72 bits per heavy atom. The average molecular weight is 333 g/mol. The van der Waals surface area contributed by atoms with Gasteiger partial charge in [0.2, 0.25) is 0 Å². The number of aromatic amines is 1. The van der Waals surface area contributed by atoms with Crippen LogP contribution in [0.4, 0.5) is 0 Å². The highest BCUT2D eigenvalue weighted by atomic mass is 16.4. The Kier molecular flexibility index (Phi) is 3.35. The molecule has 0 unspecified atom stereocenters. The number of benzene rings is 1. The molecule has 0 aliphatic rings. The molecule has 0 aliphatic heterocycles. The van der Waals surface area contributed by atoms with E-state index in [1.54, 1.807) is 36.7 Å². The second kappa shape index (κ2) is 5.68. The number of nitrogens with one attached hydrogen (secondary N) is 1. The largest absolute Gasteiger partial charge is 0.478 e. The number of rotatable bonds is 3. The Morgan fingerprint density at radius 2 is 1.96 bits per heavy atom. The lowest BCUT2D eigenvalue weighted by Gasteiger charge is -2.01. The van der Waals surface area contributed by atoms with Gasteiger partial charge in [-0.1, -0.05) is 5.21 Å². The van der Waals surface area contributed by atoms with Gasteiger partial charge < -0.3 is 10.1 Å². The van der Waals surface area contributed by atoms with Crippen LogP contribution in [0.1, 0.15) is 10.4 Å². The first-order valence-corrected chi connectivity index (χ1v) is 7.36. The predicted molar refractivity (Wildman–Crippen MR) is 89.7 cm³/mol. The SMILES string of the molecule is O=C(O)c1ccc(-n2cc(-c3cc4cccnc4[nH]c3=O)nn2)cc1. The van der Waals surface area contributed by atoms with E-state index < -0.39 is 5.97 Å². The molecule has 8 nitrogen and oxygen atoms in total. The number of aromatic carboxylic acids is 1. The summed E-state index contributed by atoms with van der Waals surface area (Å²) in [4.78, 5) is 30.0. The summed E-state index contributed by atoms with van der Waals surface area (Å²) >= 11 is 0. The van der Waals surface area contributed by atoms with E-state index in [0.717, 1.165) is 5.39 Å². The molecule has 4 aromatic rings. The molecule has 25 heavy (non-hydrogen) atoms. The van der Waals surface area contributed by atoms with E-state index in [2.05, 4.69) is 20.3 Å². The molecule has 0 bridgehead atoms. The van der Waals surface area contributed by atoms with Crippen LogP contribution in [-0.4, -0.2) is 36.0 Å². The van der Waals surface area contributed by atoms with Gasteiger partial charge in [0.25, 0.3) is 5.56 Å². The Labute approximate surface area is 140 Å². The molecule has 3 aromatic heterocycles. The maximum absolute atomic E-state index is 12.3. The van der Waals surface area contributed by atoms with Gasteiger partial charge in [-0.15, -0.1) is 5.10 Å². The molecule has 0 radical (unpaired) electrons. The van der Waals surface area contributed by atoms with Crippen LogP contribution in [-0.2, 0) is 0 Å². The Bertz CT molecular complexity index is 1140. The summed E-state index contributed by atoms with van der Waals surface area (Å²) < 4.78 is 1.48. The highest BCUT2D eigenvalue weighted by Crippen LogP contribution is 2.18. The van der Waals surface area contributed by atoms with Crippen molar-refractivity contribution in [2.75, 3.05) is 0 Å². The van der Waals surface area contributed by atoms with Gasteiger partial charge in [-0.3, -0.25) is 4.79 Å². The lowest BCUT2D eigenvalue weighted by atomic mass is 10.1. The fourth-order valence-electron chi connectivity index (χ4n) is 2.49. The first kappa shape index (κ1) is 14.8. The minimum atomic E-state index is -0.998. The first-order valence-electron chi connectivity index (χ1n) is 7.36. The summed E-state index contributed by atoms with van der Waals surface area (Å²) in [5.74, 6) is -0.998. The normalized spacial score (nSPS) is 10.9. The molecule has 3 heterocycles. The number of H-pyrrole nitrogens is 1. The van der Waals surface area contributed by atoms with Gasteiger partial charge >= 0.3 is 5.97 Å².